The topological polar surface area (TPSA) is 96.1 Å². The Kier molecular flexibility index (Phi) is 6.51. The van der Waals surface area contributed by atoms with Crippen LogP contribution in [0, 0.1) is 6.92 Å². The summed E-state index contributed by atoms with van der Waals surface area (Å²) in [6, 6.07) is 17.4. The molecule has 3 N–H and O–H groups in total. The van der Waals surface area contributed by atoms with E-state index in [4.69, 9.17) is 4.74 Å². The van der Waals surface area contributed by atoms with Gasteiger partial charge in [-0.3, -0.25) is 14.7 Å². The number of para-hydroxylation sites is 1. The Labute approximate surface area is 189 Å². The predicted octanol–water partition coefficient (Wildman–Crippen LogP) is 3.98. The summed E-state index contributed by atoms with van der Waals surface area (Å²) < 4.78 is 5.32. The summed E-state index contributed by atoms with van der Waals surface area (Å²) in [5, 5.41) is 13.8. The Hall–Kier alpha value is -3.65. The molecule has 0 radical (unpaired) electrons. The molecule has 4 aromatic rings. The maximum Gasteiger partial charge on any atom is 0.229 e. The van der Waals surface area contributed by atoms with Crippen LogP contribution in [0.15, 0.2) is 54.6 Å². The summed E-state index contributed by atoms with van der Waals surface area (Å²) in [7, 11) is 1.61. The Bertz CT molecular complexity index is 1260. The molecule has 0 atom stereocenters. The largest absolute Gasteiger partial charge is 0.496 e. The van der Waals surface area contributed by atoms with E-state index >= 15 is 0 Å². The molecule has 7 nitrogen and oxygen atoms in total. The highest BCUT2D eigenvalue weighted by Gasteiger charge is 2.15. The van der Waals surface area contributed by atoms with E-state index in [1.165, 1.54) is 11.3 Å². The number of fused-ring (bicyclic) bond motifs is 1. The number of nitrogens with one attached hydrogen (secondary N) is 3. The number of ether oxygens (including phenoxy) is 1. The highest BCUT2D eigenvalue weighted by Crippen LogP contribution is 2.29. The van der Waals surface area contributed by atoms with Crippen LogP contribution in [0.1, 0.15) is 21.6 Å². The van der Waals surface area contributed by atoms with Gasteiger partial charge in [-0.25, -0.2) is 0 Å². The van der Waals surface area contributed by atoms with Crippen LogP contribution >= 0.6 is 11.3 Å². The molecule has 0 bridgehead atoms. The van der Waals surface area contributed by atoms with E-state index in [0.29, 0.717) is 12.4 Å². The molecule has 4 rings (SSSR count). The molecule has 2 heterocycles. The molecule has 0 aliphatic heterocycles. The Morgan fingerprint density at radius 3 is 2.72 bits per heavy atom. The fourth-order valence-corrected chi connectivity index (χ4v) is 4.49. The zero-order valence-electron chi connectivity index (χ0n) is 17.9. The first kappa shape index (κ1) is 21.6. The van der Waals surface area contributed by atoms with Crippen LogP contribution in [0.4, 0.5) is 5.82 Å². The van der Waals surface area contributed by atoms with E-state index in [0.717, 1.165) is 37.5 Å². The number of carbonyl (C=O) groups is 2. The first-order valence-corrected chi connectivity index (χ1v) is 11.0. The van der Waals surface area contributed by atoms with Crippen LogP contribution in [-0.4, -0.2) is 29.1 Å². The molecule has 164 valence electrons. The third-order valence-electron chi connectivity index (χ3n) is 5.02. The number of rotatable bonds is 8. The van der Waals surface area contributed by atoms with Crippen LogP contribution < -0.4 is 15.4 Å². The van der Waals surface area contributed by atoms with Crippen LogP contribution in [0.5, 0.6) is 5.75 Å². The summed E-state index contributed by atoms with van der Waals surface area (Å²) in [5.41, 5.74) is 2.99. The average Bonchev–Trinajstić information content (AvgIpc) is 3.33. The van der Waals surface area contributed by atoms with E-state index in [9.17, 15) is 9.59 Å². The quantitative estimate of drug-likeness (QED) is 0.380. The van der Waals surface area contributed by atoms with Gasteiger partial charge in [0.1, 0.15) is 16.4 Å². The first-order chi connectivity index (χ1) is 15.5. The number of thiophene rings is 1. The van der Waals surface area contributed by atoms with Gasteiger partial charge in [0.15, 0.2) is 0 Å². The van der Waals surface area contributed by atoms with Crippen molar-refractivity contribution in [2.24, 2.45) is 0 Å². The number of carbonyl (C=O) groups excluding carboxylic acids is 2. The maximum absolute atomic E-state index is 12.5. The standard InChI is InChI=1S/C24H24N4O3S/c1-15-6-5-7-16(10-15)11-22(30)26-23-19-12-18(32-24(19)28-27-23)13-21(29)25-14-17-8-3-4-9-20(17)31-2/h3-10,12H,11,13-14H2,1-2H3,(H,25,29)(H2,26,27,28,30). The maximum atomic E-state index is 12.5. The minimum Gasteiger partial charge on any atom is -0.496 e. The lowest BCUT2D eigenvalue weighted by molar-refractivity contribution is -0.120. The van der Waals surface area contributed by atoms with Crippen molar-refractivity contribution in [3.8, 4) is 5.75 Å². The van der Waals surface area contributed by atoms with Crippen LogP contribution in [0.2, 0.25) is 0 Å². The molecular formula is C24H24N4O3S. The van der Waals surface area contributed by atoms with Crippen molar-refractivity contribution in [3.63, 3.8) is 0 Å². The summed E-state index contributed by atoms with van der Waals surface area (Å²) >= 11 is 1.43. The molecule has 0 aliphatic rings. The van der Waals surface area contributed by atoms with Crippen molar-refractivity contribution in [3.05, 3.63) is 76.2 Å². The molecule has 0 saturated heterocycles. The second-order valence-electron chi connectivity index (χ2n) is 7.51. The second-order valence-corrected chi connectivity index (χ2v) is 8.62. The van der Waals surface area contributed by atoms with Gasteiger partial charge < -0.3 is 15.4 Å². The van der Waals surface area contributed by atoms with Gasteiger partial charge in [-0.05, 0) is 24.6 Å². The highest BCUT2D eigenvalue weighted by molar-refractivity contribution is 7.18. The normalized spacial score (nSPS) is 10.8. The fourth-order valence-electron chi connectivity index (χ4n) is 3.50. The summed E-state index contributed by atoms with van der Waals surface area (Å²) in [5.74, 6) is 1.08. The first-order valence-electron chi connectivity index (χ1n) is 10.2. The number of anilines is 1. The number of H-pyrrole nitrogens is 1. The Balaban J connectivity index is 1.37. The number of benzene rings is 2. The number of hydrogen-bond acceptors (Lipinski definition) is 5. The third kappa shape index (κ3) is 5.15. The molecule has 2 aromatic heterocycles. The van der Waals surface area contributed by atoms with Gasteiger partial charge in [0.25, 0.3) is 0 Å². The minimum atomic E-state index is -0.122. The molecule has 0 spiro atoms. The lowest BCUT2D eigenvalue weighted by Gasteiger charge is -2.09. The number of nitrogens with zero attached hydrogens (tertiary/aromatic N) is 1. The number of aryl methyl sites for hydroxylation is 1. The number of amides is 2. The molecule has 0 fully saturated rings. The van der Waals surface area contributed by atoms with Gasteiger partial charge in [-0.15, -0.1) is 11.3 Å². The van der Waals surface area contributed by atoms with Crippen molar-refractivity contribution in [2.45, 2.75) is 26.3 Å². The van der Waals surface area contributed by atoms with E-state index in [-0.39, 0.29) is 24.7 Å². The molecule has 8 heteroatoms. The Morgan fingerprint density at radius 2 is 1.91 bits per heavy atom. The van der Waals surface area contributed by atoms with Crippen LogP contribution in [0.25, 0.3) is 10.2 Å². The van der Waals surface area contributed by atoms with Gasteiger partial charge >= 0.3 is 0 Å². The van der Waals surface area contributed by atoms with Gasteiger partial charge in [0.05, 0.1) is 25.3 Å². The lowest BCUT2D eigenvalue weighted by atomic mass is 10.1. The molecule has 2 aromatic carbocycles. The molecule has 0 saturated carbocycles. The third-order valence-corrected chi connectivity index (χ3v) is 6.05. The van der Waals surface area contributed by atoms with E-state index < -0.39 is 0 Å². The Morgan fingerprint density at radius 1 is 1.06 bits per heavy atom. The molecule has 0 aliphatic carbocycles. The van der Waals surface area contributed by atoms with Gasteiger partial charge in [0.2, 0.25) is 11.8 Å². The van der Waals surface area contributed by atoms with Gasteiger partial charge in [0, 0.05) is 17.0 Å². The van der Waals surface area contributed by atoms with E-state index in [1.807, 2.05) is 61.5 Å². The molecular weight excluding hydrogens is 424 g/mol. The van der Waals surface area contributed by atoms with Crippen molar-refractivity contribution < 1.29 is 14.3 Å². The summed E-state index contributed by atoms with van der Waals surface area (Å²) in [6.07, 6.45) is 0.525. The van der Waals surface area contributed by atoms with Crippen molar-refractivity contribution in [1.29, 1.82) is 0 Å². The highest BCUT2D eigenvalue weighted by atomic mass is 32.1. The smallest absolute Gasteiger partial charge is 0.229 e. The molecule has 0 unspecified atom stereocenters. The van der Waals surface area contributed by atoms with Crippen molar-refractivity contribution >= 4 is 39.2 Å². The number of aromatic nitrogens is 2. The number of aromatic amines is 1. The summed E-state index contributed by atoms with van der Waals surface area (Å²) in [6.45, 7) is 2.39. The predicted molar refractivity (Wildman–Crippen MR) is 126 cm³/mol. The van der Waals surface area contributed by atoms with Crippen molar-refractivity contribution in [1.82, 2.24) is 15.5 Å². The molecule has 2 amide bonds. The van der Waals surface area contributed by atoms with Crippen LogP contribution in [0.3, 0.4) is 0 Å². The molecule has 32 heavy (non-hydrogen) atoms. The monoisotopic (exact) mass is 448 g/mol. The van der Waals surface area contributed by atoms with Crippen molar-refractivity contribution in [2.75, 3.05) is 12.4 Å². The fraction of sp³-hybridized carbons (Fsp3) is 0.208. The SMILES string of the molecule is COc1ccccc1CNC(=O)Cc1cc2c(NC(=O)Cc3cccc(C)c3)[nH]nc2s1. The minimum absolute atomic E-state index is 0.0891. The summed E-state index contributed by atoms with van der Waals surface area (Å²) in [4.78, 5) is 26.5. The zero-order chi connectivity index (χ0) is 22.5. The van der Waals surface area contributed by atoms with Gasteiger partial charge in [-0.2, -0.15) is 5.10 Å². The van der Waals surface area contributed by atoms with Gasteiger partial charge in [-0.1, -0.05) is 48.0 Å². The zero-order valence-corrected chi connectivity index (χ0v) is 18.7. The lowest BCUT2D eigenvalue weighted by Crippen LogP contribution is -2.24. The average molecular weight is 449 g/mol. The van der Waals surface area contributed by atoms with Crippen LogP contribution in [-0.2, 0) is 29.0 Å². The second kappa shape index (κ2) is 9.65. The number of hydrogen-bond donors (Lipinski definition) is 3. The number of methoxy groups -OCH3 is 1. The van der Waals surface area contributed by atoms with E-state index in [1.54, 1.807) is 7.11 Å². The van der Waals surface area contributed by atoms with E-state index in [2.05, 4.69) is 20.8 Å².